The summed E-state index contributed by atoms with van der Waals surface area (Å²) in [5.41, 5.74) is 3.30. The number of likely N-dealkylation sites (N-methyl/N-ethyl adjacent to an activating group) is 1. The molecule has 0 aliphatic carbocycles. The number of fused-ring (bicyclic) bond motifs is 1. The van der Waals surface area contributed by atoms with Crippen molar-refractivity contribution in [3.63, 3.8) is 0 Å². The van der Waals surface area contributed by atoms with Crippen LogP contribution < -0.4 is 4.90 Å². The van der Waals surface area contributed by atoms with Crippen molar-refractivity contribution in [1.82, 2.24) is 14.9 Å². The van der Waals surface area contributed by atoms with E-state index in [1.54, 1.807) is 11.3 Å². The first kappa shape index (κ1) is 13.7. The van der Waals surface area contributed by atoms with Gasteiger partial charge in [-0.25, -0.2) is 4.98 Å². The fourth-order valence-electron chi connectivity index (χ4n) is 2.78. The predicted octanol–water partition coefficient (Wildman–Crippen LogP) is 3.11. The number of nitrogens with zero attached hydrogens (tertiary/aromatic N) is 4. The Morgan fingerprint density at radius 3 is 2.68 bits per heavy atom. The standard InChI is InChI=1S/C17H18N4S/c1-20-8-10-21(11-9-20)13-5-6-16-15(12-13)19-17(22-16)14-4-2-3-7-18-14/h2-7,12H,8-11H2,1H3. The summed E-state index contributed by atoms with van der Waals surface area (Å²) in [6.07, 6.45) is 1.82. The van der Waals surface area contributed by atoms with Gasteiger partial charge in [-0.2, -0.15) is 0 Å². The van der Waals surface area contributed by atoms with Gasteiger partial charge in [0.15, 0.2) is 0 Å². The van der Waals surface area contributed by atoms with Gasteiger partial charge in [-0.1, -0.05) is 6.07 Å². The van der Waals surface area contributed by atoms with E-state index in [0.29, 0.717) is 0 Å². The molecule has 3 aromatic rings. The van der Waals surface area contributed by atoms with E-state index in [0.717, 1.165) is 42.4 Å². The minimum atomic E-state index is 0.949. The van der Waals surface area contributed by atoms with Gasteiger partial charge in [-0.3, -0.25) is 4.98 Å². The van der Waals surface area contributed by atoms with E-state index in [2.05, 4.69) is 40.0 Å². The molecule has 4 rings (SSSR count). The number of anilines is 1. The Hall–Kier alpha value is -1.98. The Morgan fingerprint density at radius 2 is 1.91 bits per heavy atom. The van der Waals surface area contributed by atoms with E-state index >= 15 is 0 Å². The minimum absolute atomic E-state index is 0.949. The van der Waals surface area contributed by atoms with E-state index in [4.69, 9.17) is 4.98 Å². The molecule has 0 atom stereocenters. The average molecular weight is 310 g/mol. The highest BCUT2D eigenvalue weighted by Crippen LogP contribution is 2.31. The van der Waals surface area contributed by atoms with Crippen LogP contribution in [0.5, 0.6) is 0 Å². The SMILES string of the molecule is CN1CCN(c2ccc3sc(-c4ccccn4)nc3c2)CC1. The number of rotatable bonds is 2. The molecule has 1 saturated heterocycles. The van der Waals surface area contributed by atoms with Gasteiger partial charge in [-0.15, -0.1) is 11.3 Å². The smallest absolute Gasteiger partial charge is 0.143 e. The van der Waals surface area contributed by atoms with Crippen LogP contribution in [0.15, 0.2) is 42.6 Å². The quantitative estimate of drug-likeness (QED) is 0.728. The van der Waals surface area contributed by atoms with Crippen LogP contribution in [0.1, 0.15) is 0 Å². The number of thiazole rings is 1. The summed E-state index contributed by atoms with van der Waals surface area (Å²) in [5, 5.41) is 0.992. The van der Waals surface area contributed by atoms with Crippen LogP contribution in [0.3, 0.4) is 0 Å². The highest BCUT2D eigenvalue weighted by Gasteiger charge is 2.15. The summed E-state index contributed by atoms with van der Waals surface area (Å²) in [4.78, 5) is 14.0. The molecule has 1 fully saturated rings. The Labute approximate surface area is 134 Å². The summed E-state index contributed by atoms with van der Waals surface area (Å²) < 4.78 is 1.22. The second-order valence-electron chi connectivity index (χ2n) is 5.68. The zero-order chi connectivity index (χ0) is 14.9. The largest absolute Gasteiger partial charge is 0.369 e. The molecule has 0 N–H and O–H groups in total. The van der Waals surface area contributed by atoms with Crippen molar-refractivity contribution in [3.05, 3.63) is 42.6 Å². The van der Waals surface area contributed by atoms with Gasteiger partial charge in [0.05, 0.1) is 15.9 Å². The number of aromatic nitrogens is 2. The molecule has 5 heteroatoms. The van der Waals surface area contributed by atoms with Gasteiger partial charge >= 0.3 is 0 Å². The lowest BCUT2D eigenvalue weighted by molar-refractivity contribution is 0.313. The van der Waals surface area contributed by atoms with Crippen molar-refractivity contribution < 1.29 is 0 Å². The van der Waals surface area contributed by atoms with Crippen molar-refractivity contribution in [2.75, 3.05) is 38.1 Å². The van der Waals surface area contributed by atoms with Crippen molar-refractivity contribution >= 4 is 27.2 Å². The lowest BCUT2D eigenvalue weighted by Crippen LogP contribution is -2.44. The van der Waals surface area contributed by atoms with Crippen molar-refractivity contribution in [3.8, 4) is 10.7 Å². The molecule has 3 heterocycles. The predicted molar refractivity (Wildman–Crippen MR) is 92.6 cm³/mol. The molecule has 4 nitrogen and oxygen atoms in total. The maximum Gasteiger partial charge on any atom is 0.143 e. The monoisotopic (exact) mass is 310 g/mol. The molecule has 1 aromatic carbocycles. The average Bonchev–Trinajstić information content (AvgIpc) is 2.99. The van der Waals surface area contributed by atoms with Crippen molar-refractivity contribution in [2.24, 2.45) is 0 Å². The summed E-state index contributed by atoms with van der Waals surface area (Å²) in [7, 11) is 2.18. The first-order valence-electron chi connectivity index (χ1n) is 7.55. The molecule has 1 aliphatic rings. The van der Waals surface area contributed by atoms with Crippen molar-refractivity contribution in [2.45, 2.75) is 0 Å². The molecular formula is C17H18N4S. The second kappa shape index (κ2) is 5.66. The molecule has 0 amide bonds. The summed E-state index contributed by atoms with van der Waals surface area (Å²) in [6, 6.07) is 12.6. The number of hydrogen-bond acceptors (Lipinski definition) is 5. The summed E-state index contributed by atoms with van der Waals surface area (Å²) >= 11 is 1.71. The van der Waals surface area contributed by atoms with E-state index < -0.39 is 0 Å². The second-order valence-corrected chi connectivity index (χ2v) is 6.71. The molecule has 112 valence electrons. The van der Waals surface area contributed by atoms with Gasteiger partial charge in [-0.05, 0) is 37.4 Å². The van der Waals surface area contributed by atoms with Gasteiger partial charge in [0.25, 0.3) is 0 Å². The minimum Gasteiger partial charge on any atom is -0.369 e. The van der Waals surface area contributed by atoms with E-state index in [1.165, 1.54) is 10.4 Å². The molecule has 0 radical (unpaired) electrons. The molecule has 0 unspecified atom stereocenters. The lowest BCUT2D eigenvalue weighted by atomic mass is 10.2. The first-order valence-corrected chi connectivity index (χ1v) is 8.37. The van der Waals surface area contributed by atoms with E-state index in [9.17, 15) is 0 Å². The highest BCUT2D eigenvalue weighted by atomic mass is 32.1. The zero-order valence-electron chi connectivity index (χ0n) is 12.6. The van der Waals surface area contributed by atoms with Crippen molar-refractivity contribution in [1.29, 1.82) is 0 Å². The third kappa shape index (κ3) is 2.58. The third-order valence-electron chi connectivity index (χ3n) is 4.12. The van der Waals surface area contributed by atoms with E-state index in [-0.39, 0.29) is 0 Å². The normalized spacial score (nSPS) is 16.3. The van der Waals surface area contributed by atoms with Crippen LogP contribution in [0.2, 0.25) is 0 Å². The van der Waals surface area contributed by atoms with Gasteiger partial charge in [0, 0.05) is 38.1 Å². The van der Waals surface area contributed by atoms with Gasteiger partial charge < -0.3 is 9.80 Å². The van der Waals surface area contributed by atoms with Crippen LogP contribution in [-0.4, -0.2) is 48.1 Å². The van der Waals surface area contributed by atoms with Crippen LogP contribution in [0.25, 0.3) is 20.9 Å². The summed E-state index contributed by atoms with van der Waals surface area (Å²) in [5.74, 6) is 0. The van der Waals surface area contributed by atoms with Gasteiger partial charge in [0.1, 0.15) is 5.01 Å². The van der Waals surface area contributed by atoms with Crippen LogP contribution in [0.4, 0.5) is 5.69 Å². The number of benzene rings is 1. The van der Waals surface area contributed by atoms with Crippen LogP contribution in [-0.2, 0) is 0 Å². The summed E-state index contributed by atoms with van der Waals surface area (Å²) in [6.45, 7) is 4.40. The lowest BCUT2D eigenvalue weighted by Gasteiger charge is -2.34. The fourth-order valence-corrected chi connectivity index (χ4v) is 3.70. The van der Waals surface area contributed by atoms with Crippen LogP contribution >= 0.6 is 11.3 Å². The maximum atomic E-state index is 4.77. The maximum absolute atomic E-state index is 4.77. The first-order chi connectivity index (χ1) is 10.8. The number of pyridine rings is 1. The molecule has 0 bridgehead atoms. The Bertz CT molecular complexity index is 776. The number of hydrogen-bond donors (Lipinski definition) is 0. The Kier molecular flexibility index (Phi) is 3.52. The zero-order valence-corrected chi connectivity index (χ0v) is 13.4. The Morgan fingerprint density at radius 1 is 1.05 bits per heavy atom. The number of piperazine rings is 1. The molecule has 1 aliphatic heterocycles. The van der Waals surface area contributed by atoms with E-state index in [1.807, 2.05) is 24.4 Å². The molecule has 2 aromatic heterocycles. The molecule has 0 spiro atoms. The topological polar surface area (TPSA) is 32.3 Å². The Balaban J connectivity index is 1.66. The molecular weight excluding hydrogens is 292 g/mol. The third-order valence-corrected chi connectivity index (χ3v) is 5.18. The molecule has 22 heavy (non-hydrogen) atoms. The molecule has 0 saturated carbocycles. The highest BCUT2D eigenvalue weighted by molar-refractivity contribution is 7.21. The van der Waals surface area contributed by atoms with Gasteiger partial charge in [0.2, 0.25) is 0 Å². The fraction of sp³-hybridized carbons (Fsp3) is 0.294. The van der Waals surface area contributed by atoms with Crippen LogP contribution in [0, 0.1) is 0 Å².